The number of hydrogen-bond acceptors (Lipinski definition) is 6. The average molecular weight is 374 g/mol. The Labute approximate surface area is 157 Å². The third kappa shape index (κ3) is 4.57. The fraction of sp³-hybridized carbons (Fsp3) is 0.526. The fourth-order valence-corrected chi connectivity index (χ4v) is 3.25. The molecule has 8 heteroatoms. The van der Waals surface area contributed by atoms with E-state index in [4.69, 9.17) is 15.2 Å². The van der Waals surface area contributed by atoms with Crippen molar-refractivity contribution in [2.45, 2.75) is 44.2 Å². The first kappa shape index (κ1) is 19.2. The summed E-state index contributed by atoms with van der Waals surface area (Å²) in [6.07, 6.45) is 6.71. The minimum Gasteiger partial charge on any atom is -0.486 e. The number of nitrogens with zero attached hydrogens (tertiary/aromatic N) is 3. The van der Waals surface area contributed by atoms with Gasteiger partial charge in [0.1, 0.15) is 18.9 Å². The molecule has 0 amide bonds. The van der Waals surface area contributed by atoms with Gasteiger partial charge in [-0.15, -0.1) is 0 Å². The highest BCUT2D eigenvalue weighted by Gasteiger charge is 2.19. The molecule has 1 aromatic heterocycles. The predicted molar refractivity (Wildman–Crippen MR) is 101 cm³/mol. The van der Waals surface area contributed by atoms with Gasteiger partial charge in [0.2, 0.25) is 0 Å². The maximum Gasteiger partial charge on any atom is 0.347 e. The Balaban J connectivity index is 0.000000159. The van der Waals surface area contributed by atoms with Gasteiger partial charge in [0.25, 0.3) is 5.56 Å². The number of aromatic nitrogens is 3. The van der Waals surface area contributed by atoms with Gasteiger partial charge < -0.3 is 15.2 Å². The van der Waals surface area contributed by atoms with Crippen LogP contribution in [0, 0.1) is 0 Å². The smallest absolute Gasteiger partial charge is 0.347 e. The van der Waals surface area contributed by atoms with E-state index in [2.05, 4.69) is 5.10 Å². The lowest BCUT2D eigenvalue weighted by Crippen LogP contribution is -2.41. The van der Waals surface area contributed by atoms with E-state index in [-0.39, 0.29) is 23.4 Å². The summed E-state index contributed by atoms with van der Waals surface area (Å²) in [6, 6.07) is 7.80. The Hall–Kier alpha value is -2.61. The number of ether oxygens (including phenoxy) is 2. The first-order chi connectivity index (χ1) is 13.1. The highest BCUT2D eigenvalue weighted by atomic mass is 16.6. The van der Waals surface area contributed by atoms with Crippen molar-refractivity contribution in [3.63, 3.8) is 0 Å². The van der Waals surface area contributed by atoms with Gasteiger partial charge >= 0.3 is 5.69 Å². The molecule has 1 aliphatic carbocycles. The number of benzene rings is 1. The molecule has 1 saturated carbocycles. The fourth-order valence-electron chi connectivity index (χ4n) is 3.25. The standard InChI is InChI=1S/C10H15N3O2.C9H11NO2/c1-12-9(14)7-11-13(10(12)15)8-5-3-2-4-6-8;10-5-7-6-11-8-3-1-2-4-9(8)12-7/h7-8H,2-6H2,1H3;1-4,7H,5-6,10H2. The van der Waals surface area contributed by atoms with Gasteiger partial charge in [-0.1, -0.05) is 31.4 Å². The molecule has 2 aromatic rings. The van der Waals surface area contributed by atoms with Gasteiger partial charge in [0, 0.05) is 13.6 Å². The van der Waals surface area contributed by atoms with Crippen molar-refractivity contribution < 1.29 is 9.47 Å². The van der Waals surface area contributed by atoms with Crippen LogP contribution in [0.1, 0.15) is 38.1 Å². The van der Waals surface area contributed by atoms with Gasteiger partial charge in [-0.25, -0.2) is 9.48 Å². The Kier molecular flexibility index (Phi) is 6.28. The zero-order chi connectivity index (χ0) is 19.2. The molecule has 0 radical (unpaired) electrons. The van der Waals surface area contributed by atoms with Crippen LogP contribution in [0.2, 0.25) is 0 Å². The van der Waals surface area contributed by atoms with E-state index in [0.29, 0.717) is 13.2 Å². The van der Waals surface area contributed by atoms with Crippen LogP contribution in [0.5, 0.6) is 11.5 Å². The van der Waals surface area contributed by atoms with Crippen molar-refractivity contribution >= 4 is 0 Å². The SMILES string of the molecule is Cn1c(=O)cnn(C2CCCCC2)c1=O.NCC1COc2ccccc2O1. The Bertz CT molecular complexity index is 870. The Morgan fingerprint density at radius 2 is 1.85 bits per heavy atom. The van der Waals surface area contributed by atoms with Crippen molar-refractivity contribution in [3.8, 4) is 11.5 Å². The van der Waals surface area contributed by atoms with Crippen LogP contribution in [0.25, 0.3) is 0 Å². The van der Waals surface area contributed by atoms with Gasteiger partial charge in [-0.3, -0.25) is 9.36 Å². The summed E-state index contributed by atoms with van der Waals surface area (Å²) < 4.78 is 13.5. The number of nitrogens with two attached hydrogens (primary N) is 1. The minimum atomic E-state index is -0.341. The van der Waals surface area contributed by atoms with Crippen molar-refractivity contribution in [2.24, 2.45) is 12.8 Å². The Morgan fingerprint density at radius 3 is 2.56 bits per heavy atom. The average Bonchev–Trinajstić information content (AvgIpc) is 2.73. The van der Waals surface area contributed by atoms with Gasteiger partial charge in [-0.05, 0) is 25.0 Å². The maximum atomic E-state index is 11.8. The zero-order valence-electron chi connectivity index (χ0n) is 15.5. The second-order valence-corrected chi connectivity index (χ2v) is 6.79. The van der Waals surface area contributed by atoms with Crippen LogP contribution < -0.4 is 26.5 Å². The van der Waals surface area contributed by atoms with Gasteiger partial charge in [0.05, 0.1) is 6.04 Å². The molecule has 1 aromatic carbocycles. The molecule has 1 fully saturated rings. The molecule has 0 bridgehead atoms. The normalized spacial score (nSPS) is 19.1. The third-order valence-corrected chi connectivity index (χ3v) is 4.86. The molecule has 2 heterocycles. The van der Waals surface area contributed by atoms with E-state index in [1.165, 1.54) is 24.3 Å². The maximum absolute atomic E-state index is 11.8. The van der Waals surface area contributed by atoms with E-state index >= 15 is 0 Å². The summed E-state index contributed by atoms with van der Waals surface area (Å²) in [5, 5.41) is 3.93. The molecule has 0 saturated heterocycles. The number of para-hydroxylation sites is 2. The summed E-state index contributed by atoms with van der Waals surface area (Å²) in [4.78, 5) is 22.9. The highest BCUT2D eigenvalue weighted by Crippen LogP contribution is 2.30. The second kappa shape index (κ2) is 8.85. The molecule has 27 heavy (non-hydrogen) atoms. The molecule has 146 valence electrons. The van der Waals surface area contributed by atoms with Crippen molar-refractivity contribution in [1.82, 2.24) is 14.3 Å². The molecule has 4 rings (SSSR count). The number of fused-ring (bicyclic) bond motifs is 1. The van der Waals surface area contributed by atoms with E-state index in [1.54, 1.807) is 0 Å². The molecular weight excluding hydrogens is 348 g/mol. The van der Waals surface area contributed by atoms with Crippen molar-refractivity contribution in [1.29, 1.82) is 0 Å². The van der Waals surface area contributed by atoms with Crippen LogP contribution >= 0.6 is 0 Å². The lowest BCUT2D eigenvalue weighted by Gasteiger charge is -2.25. The van der Waals surface area contributed by atoms with Crippen LogP contribution in [-0.4, -0.2) is 33.6 Å². The molecule has 1 aliphatic heterocycles. The topological polar surface area (TPSA) is 101 Å². The molecule has 2 aliphatic rings. The lowest BCUT2D eigenvalue weighted by atomic mass is 9.96. The van der Waals surface area contributed by atoms with Crippen LogP contribution in [0.4, 0.5) is 0 Å². The summed E-state index contributed by atoms with van der Waals surface area (Å²) >= 11 is 0. The molecule has 0 spiro atoms. The molecule has 1 unspecified atom stereocenters. The second-order valence-electron chi connectivity index (χ2n) is 6.79. The van der Waals surface area contributed by atoms with E-state index in [0.717, 1.165) is 41.7 Å². The molecule has 1 atom stereocenters. The first-order valence-electron chi connectivity index (χ1n) is 9.33. The van der Waals surface area contributed by atoms with E-state index in [9.17, 15) is 9.59 Å². The molecule has 2 N–H and O–H groups in total. The molecular formula is C19H26N4O4. The molecule has 8 nitrogen and oxygen atoms in total. The van der Waals surface area contributed by atoms with Crippen molar-refractivity contribution in [3.05, 3.63) is 51.3 Å². The number of rotatable bonds is 2. The van der Waals surface area contributed by atoms with E-state index in [1.807, 2.05) is 24.3 Å². The monoisotopic (exact) mass is 374 g/mol. The summed E-state index contributed by atoms with van der Waals surface area (Å²) in [5.74, 6) is 1.60. The van der Waals surface area contributed by atoms with Crippen LogP contribution in [-0.2, 0) is 7.05 Å². The zero-order valence-corrected chi connectivity index (χ0v) is 15.5. The Morgan fingerprint density at radius 1 is 1.15 bits per heavy atom. The summed E-state index contributed by atoms with van der Waals surface area (Å²) in [7, 11) is 1.49. The summed E-state index contributed by atoms with van der Waals surface area (Å²) in [5.41, 5.74) is 4.82. The minimum absolute atomic E-state index is 0.0000926. The first-order valence-corrected chi connectivity index (χ1v) is 9.33. The van der Waals surface area contributed by atoms with Crippen LogP contribution in [0.15, 0.2) is 40.1 Å². The predicted octanol–water partition coefficient (Wildman–Crippen LogP) is 1.23. The largest absolute Gasteiger partial charge is 0.486 e. The quantitative estimate of drug-likeness (QED) is 0.848. The van der Waals surface area contributed by atoms with Crippen LogP contribution in [0.3, 0.4) is 0 Å². The van der Waals surface area contributed by atoms with E-state index < -0.39 is 0 Å². The highest BCUT2D eigenvalue weighted by molar-refractivity contribution is 5.40. The van der Waals surface area contributed by atoms with Gasteiger partial charge in [-0.2, -0.15) is 5.10 Å². The summed E-state index contributed by atoms with van der Waals surface area (Å²) in [6.45, 7) is 1.04. The number of hydrogen-bond donors (Lipinski definition) is 1. The third-order valence-electron chi connectivity index (χ3n) is 4.86. The van der Waals surface area contributed by atoms with Crippen molar-refractivity contribution in [2.75, 3.05) is 13.2 Å². The lowest BCUT2D eigenvalue weighted by molar-refractivity contribution is 0.0969. The van der Waals surface area contributed by atoms with Gasteiger partial charge in [0.15, 0.2) is 11.5 Å².